The maximum absolute atomic E-state index is 11.1. The summed E-state index contributed by atoms with van der Waals surface area (Å²) in [4.78, 5) is 13.5. The fourth-order valence-corrected chi connectivity index (χ4v) is 2.22. The molecule has 2 unspecified atom stereocenters. The van der Waals surface area contributed by atoms with Crippen molar-refractivity contribution in [2.45, 2.75) is 46.5 Å². The molecule has 1 aliphatic heterocycles. The van der Waals surface area contributed by atoms with Crippen molar-refractivity contribution in [3.05, 3.63) is 0 Å². The fraction of sp³-hybridized carbons (Fsp3) is 0.923. The summed E-state index contributed by atoms with van der Waals surface area (Å²) in [6.45, 7) is 9.81. The van der Waals surface area contributed by atoms with E-state index in [0.29, 0.717) is 0 Å². The first-order valence-corrected chi connectivity index (χ1v) is 6.28. The van der Waals surface area contributed by atoms with E-state index in [1.54, 1.807) is 0 Å². The normalized spacial score (nSPS) is 28.1. The lowest BCUT2D eigenvalue weighted by Crippen LogP contribution is -2.37. The second-order valence-electron chi connectivity index (χ2n) is 5.44. The Bertz CT molecular complexity index is 205. The molecule has 1 aliphatic rings. The van der Waals surface area contributed by atoms with Gasteiger partial charge in [-0.3, -0.25) is 0 Å². The first-order valence-electron chi connectivity index (χ1n) is 6.28. The van der Waals surface area contributed by atoms with Crippen LogP contribution in [0, 0.1) is 11.3 Å². The second kappa shape index (κ2) is 5.64. The van der Waals surface area contributed by atoms with E-state index in [-0.39, 0.29) is 5.41 Å². The molecule has 1 saturated heterocycles. The number of rotatable bonds is 4. The monoisotopic (exact) mass is 211 g/mol. The predicted octanol–water partition coefficient (Wildman–Crippen LogP) is 2.72. The number of likely N-dealkylation sites (tertiary alicyclic amines) is 1. The molecule has 0 radical (unpaired) electrons. The molecule has 1 heterocycles. The average Bonchev–Trinajstić information content (AvgIpc) is 2.44. The Labute approximate surface area is 94.0 Å². The topological polar surface area (TPSA) is 20.3 Å². The van der Waals surface area contributed by atoms with E-state index >= 15 is 0 Å². The van der Waals surface area contributed by atoms with Crippen molar-refractivity contribution < 1.29 is 4.79 Å². The average molecular weight is 211 g/mol. The number of carbonyl (C=O) groups is 1. The van der Waals surface area contributed by atoms with E-state index in [1.807, 2.05) is 0 Å². The van der Waals surface area contributed by atoms with Crippen molar-refractivity contribution >= 4 is 6.29 Å². The number of nitrogens with zero attached hydrogens (tertiary/aromatic N) is 1. The van der Waals surface area contributed by atoms with Gasteiger partial charge in [0.2, 0.25) is 0 Å². The molecular weight excluding hydrogens is 186 g/mol. The molecule has 2 nitrogen and oxygen atoms in total. The summed E-state index contributed by atoms with van der Waals surface area (Å²) in [5, 5.41) is 0. The third kappa shape index (κ3) is 3.94. The SMILES string of the molecule is CCC(C)(C=O)CN1CCCC(C)CC1. The van der Waals surface area contributed by atoms with Gasteiger partial charge in [0, 0.05) is 12.0 Å². The van der Waals surface area contributed by atoms with Crippen LogP contribution < -0.4 is 0 Å². The fourth-order valence-electron chi connectivity index (χ4n) is 2.22. The van der Waals surface area contributed by atoms with E-state index in [4.69, 9.17) is 0 Å². The van der Waals surface area contributed by atoms with E-state index in [2.05, 4.69) is 25.7 Å². The Morgan fingerprint density at radius 1 is 1.40 bits per heavy atom. The summed E-state index contributed by atoms with van der Waals surface area (Å²) in [6.07, 6.45) is 6.02. The molecule has 0 aliphatic carbocycles. The van der Waals surface area contributed by atoms with Crippen LogP contribution in [0.3, 0.4) is 0 Å². The van der Waals surface area contributed by atoms with Gasteiger partial charge in [-0.2, -0.15) is 0 Å². The van der Waals surface area contributed by atoms with Gasteiger partial charge in [0.05, 0.1) is 0 Å². The van der Waals surface area contributed by atoms with Crippen molar-refractivity contribution in [1.82, 2.24) is 4.90 Å². The van der Waals surface area contributed by atoms with Gasteiger partial charge in [-0.15, -0.1) is 0 Å². The van der Waals surface area contributed by atoms with Gasteiger partial charge in [-0.05, 0) is 44.7 Å². The van der Waals surface area contributed by atoms with Gasteiger partial charge in [-0.25, -0.2) is 0 Å². The number of carbonyl (C=O) groups excluding carboxylic acids is 1. The molecule has 0 amide bonds. The molecule has 2 heteroatoms. The highest BCUT2D eigenvalue weighted by molar-refractivity contribution is 5.58. The standard InChI is InChI=1S/C13H25NO/c1-4-13(3,11-15)10-14-8-5-6-12(2)7-9-14/h11-12H,4-10H2,1-3H3. The highest BCUT2D eigenvalue weighted by Gasteiger charge is 2.25. The van der Waals surface area contributed by atoms with Crippen LogP contribution in [-0.4, -0.2) is 30.8 Å². The van der Waals surface area contributed by atoms with Gasteiger partial charge in [0.25, 0.3) is 0 Å². The van der Waals surface area contributed by atoms with E-state index in [1.165, 1.54) is 32.4 Å². The molecule has 0 aromatic carbocycles. The molecule has 1 rings (SSSR count). The van der Waals surface area contributed by atoms with E-state index in [0.717, 1.165) is 25.2 Å². The highest BCUT2D eigenvalue weighted by atomic mass is 16.1. The minimum atomic E-state index is -0.131. The van der Waals surface area contributed by atoms with Crippen molar-refractivity contribution in [3.63, 3.8) is 0 Å². The number of hydrogen-bond donors (Lipinski definition) is 0. The molecule has 0 saturated carbocycles. The van der Waals surface area contributed by atoms with Crippen LogP contribution in [0.15, 0.2) is 0 Å². The summed E-state index contributed by atoms with van der Waals surface area (Å²) in [5.41, 5.74) is -0.131. The Kier molecular flexibility index (Phi) is 4.78. The first kappa shape index (κ1) is 12.7. The smallest absolute Gasteiger partial charge is 0.127 e. The highest BCUT2D eigenvalue weighted by Crippen LogP contribution is 2.23. The maximum Gasteiger partial charge on any atom is 0.127 e. The maximum atomic E-state index is 11.1. The predicted molar refractivity (Wildman–Crippen MR) is 63.9 cm³/mol. The van der Waals surface area contributed by atoms with Crippen LogP contribution in [0.4, 0.5) is 0 Å². The van der Waals surface area contributed by atoms with E-state index < -0.39 is 0 Å². The first-order chi connectivity index (χ1) is 7.09. The third-order valence-electron chi connectivity index (χ3n) is 3.79. The van der Waals surface area contributed by atoms with Gasteiger partial charge in [-0.1, -0.05) is 20.8 Å². The minimum absolute atomic E-state index is 0.131. The van der Waals surface area contributed by atoms with Crippen LogP contribution >= 0.6 is 0 Å². The van der Waals surface area contributed by atoms with Gasteiger partial charge in [0.15, 0.2) is 0 Å². The van der Waals surface area contributed by atoms with Crippen LogP contribution in [0.2, 0.25) is 0 Å². The summed E-state index contributed by atoms with van der Waals surface area (Å²) in [5.74, 6) is 0.860. The Balaban J connectivity index is 2.46. The van der Waals surface area contributed by atoms with Crippen LogP contribution in [0.25, 0.3) is 0 Å². The number of hydrogen-bond acceptors (Lipinski definition) is 2. The zero-order valence-electron chi connectivity index (χ0n) is 10.5. The Morgan fingerprint density at radius 2 is 2.13 bits per heavy atom. The van der Waals surface area contributed by atoms with Gasteiger partial charge < -0.3 is 9.69 Å². The molecule has 0 bridgehead atoms. The van der Waals surface area contributed by atoms with Crippen molar-refractivity contribution in [1.29, 1.82) is 0 Å². The molecule has 88 valence electrons. The summed E-state index contributed by atoms with van der Waals surface area (Å²) >= 11 is 0. The van der Waals surface area contributed by atoms with E-state index in [9.17, 15) is 4.79 Å². The van der Waals surface area contributed by atoms with Crippen LogP contribution in [0.5, 0.6) is 0 Å². The largest absolute Gasteiger partial charge is 0.303 e. The molecule has 15 heavy (non-hydrogen) atoms. The van der Waals surface area contributed by atoms with Crippen molar-refractivity contribution in [3.8, 4) is 0 Å². The van der Waals surface area contributed by atoms with Crippen LogP contribution in [0.1, 0.15) is 46.5 Å². The second-order valence-corrected chi connectivity index (χ2v) is 5.44. The van der Waals surface area contributed by atoms with Gasteiger partial charge >= 0.3 is 0 Å². The quantitative estimate of drug-likeness (QED) is 0.666. The third-order valence-corrected chi connectivity index (χ3v) is 3.79. The summed E-state index contributed by atoms with van der Waals surface area (Å²) in [7, 11) is 0. The minimum Gasteiger partial charge on any atom is -0.303 e. The molecular formula is C13H25NO. The van der Waals surface area contributed by atoms with Crippen molar-refractivity contribution in [2.24, 2.45) is 11.3 Å². The Hall–Kier alpha value is -0.370. The molecule has 2 atom stereocenters. The molecule has 0 aromatic rings. The van der Waals surface area contributed by atoms with Gasteiger partial charge in [0.1, 0.15) is 6.29 Å². The lowest BCUT2D eigenvalue weighted by Gasteiger charge is -2.29. The molecule has 0 N–H and O–H groups in total. The lowest BCUT2D eigenvalue weighted by atomic mass is 9.89. The summed E-state index contributed by atoms with van der Waals surface area (Å²) < 4.78 is 0. The zero-order chi connectivity index (χ0) is 11.3. The number of aldehydes is 1. The zero-order valence-corrected chi connectivity index (χ0v) is 10.5. The van der Waals surface area contributed by atoms with Crippen molar-refractivity contribution in [2.75, 3.05) is 19.6 Å². The lowest BCUT2D eigenvalue weighted by molar-refractivity contribution is -0.116. The molecule has 1 fully saturated rings. The molecule has 0 spiro atoms. The Morgan fingerprint density at radius 3 is 2.73 bits per heavy atom. The summed E-state index contributed by atoms with van der Waals surface area (Å²) in [6, 6.07) is 0. The van der Waals surface area contributed by atoms with Crippen LogP contribution in [-0.2, 0) is 4.79 Å². The molecule has 0 aromatic heterocycles.